The van der Waals surface area contributed by atoms with Gasteiger partial charge in [0.25, 0.3) is 5.91 Å². The lowest BCUT2D eigenvalue weighted by Gasteiger charge is -2.06. The number of Topliss-reactive ketones (excluding diaryl/α,β-unsaturated/α-hetero) is 1. The monoisotopic (exact) mass is 404 g/mol. The van der Waals surface area contributed by atoms with Crippen LogP contribution in [-0.2, 0) is 20.9 Å². The van der Waals surface area contributed by atoms with Crippen molar-refractivity contribution in [1.29, 1.82) is 0 Å². The second-order valence-corrected chi connectivity index (χ2v) is 6.45. The van der Waals surface area contributed by atoms with Gasteiger partial charge in [-0.3, -0.25) is 9.59 Å². The fourth-order valence-electron chi connectivity index (χ4n) is 2.59. The largest absolute Gasteiger partial charge is 0.452 e. The van der Waals surface area contributed by atoms with Crippen LogP contribution in [0.5, 0.6) is 0 Å². The SMILES string of the molecule is CC(=O)c1cccc(NC(=O)COC(=O)/C=C/c2cn(Cc3ccccc3)nn2)c1. The third-order valence-electron chi connectivity index (χ3n) is 4.03. The van der Waals surface area contributed by atoms with Crippen LogP contribution in [0.25, 0.3) is 6.08 Å². The Morgan fingerprint density at radius 3 is 2.67 bits per heavy atom. The summed E-state index contributed by atoms with van der Waals surface area (Å²) in [6.07, 6.45) is 4.34. The number of carbonyl (C=O) groups is 3. The summed E-state index contributed by atoms with van der Waals surface area (Å²) in [4.78, 5) is 35.1. The minimum Gasteiger partial charge on any atom is -0.452 e. The summed E-state index contributed by atoms with van der Waals surface area (Å²) in [7, 11) is 0. The lowest BCUT2D eigenvalue weighted by molar-refractivity contribution is -0.142. The lowest BCUT2D eigenvalue weighted by Crippen LogP contribution is -2.20. The lowest BCUT2D eigenvalue weighted by atomic mass is 10.1. The first kappa shape index (κ1) is 20.7. The number of aromatic nitrogens is 3. The Morgan fingerprint density at radius 2 is 1.90 bits per heavy atom. The van der Waals surface area contributed by atoms with E-state index >= 15 is 0 Å². The summed E-state index contributed by atoms with van der Waals surface area (Å²) in [6.45, 7) is 1.56. The second kappa shape index (κ2) is 9.92. The number of ether oxygens (including phenoxy) is 1. The van der Waals surface area contributed by atoms with Gasteiger partial charge in [-0.15, -0.1) is 5.10 Å². The van der Waals surface area contributed by atoms with Gasteiger partial charge in [0, 0.05) is 17.3 Å². The minimum atomic E-state index is -0.680. The Balaban J connectivity index is 1.46. The number of benzene rings is 2. The van der Waals surface area contributed by atoms with Gasteiger partial charge in [0.2, 0.25) is 0 Å². The van der Waals surface area contributed by atoms with E-state index in [1.807, 2.05) is 30.3 Å². The number of carbonyl (C=O) groups excluding carboxylic acids is 3. The molecule has 3 rings (SSSR count). The Morgan fingerprint density at radius 1 is 1.10 bits per heavy atom. The predicted octanol–water partition coefficient (Wildman–Crippen LogP) is 2.72. The molecule has 0 unspecified atom stereocenters. The number of amides is 1. The zero-order valence-corrected chi connectivity index (χ0v) is 16.3. The zero-order valence-electron chi connectivity index (χ0n) is 16.3. The van der Waals surface area contributed by atoms with Gasteiger partial charge in [-0.1, -0.05) is 47.7 Å². The quantitative estimate of drug-likeness (QED) is 0.352. The predicted molar refractivity (Wildman–Crippen MR) is 111 cm³/mol. The van der Waals surface area contributed by atoms with E-state index in [0.717, 1.165) is 5.56 Å². The maximum Gasteiger partial charge on any atom is 0.331 e. The van der Waals surface area contributed by atoms with E-state index in [2.05, 4.69) is 15.6 Å². The minimum absolute atomic E-state index is 0.108. The van der Waals surface area contributed by atoms with Crippen molar-refractivity contribution in [3.05, 3.63) is 83.7 Å². The number of esters is 1. The number of nitrogens with zero attached hydrogens (tertiary/aromatic N) is 3. The number of hydrogen-bond donors (Lipinski definition) is 1. The van der Waals surface area contributed by atoms with Crippen molar-refractivity contribution in [3.8, 4) is 0 Å². The molecule has 1 amide bonds. The molecule has 0 saturated carbocycles. The summed E-state index contributed by atoms with van der Waals surface area (Å²) in [5.74, 6) is -1.30. The van der Waals surface area contributed by atoms with Gasteiger partial charge in [0.05, 0.1) is 12.7 Å². The number of rotatable bonds is 8. The first-order valence-electron chi connectivity index (χ1n) is 9.19. The van der Waals surface area contributed by atoms with Gasteiger partial charge < -0.3 is 10.1 Å². The van der Waals surface area contributed by atoms with Crippen molar-refractivity contribution in [1.82, 2.24) is 15.0 Å². The van der Waals surface area contributed by atoms with Gasteiger partial charge >= 0.3 is 5.97 Å². The molecular weight excluding hydrogens is 384 g/mol. The van der Waals surface area contributed by atoms with Crippen LogP contribution in [0.4, 0.5) is 5.69 Å². The van der Waals surface area contributed by atoms with Crippen molar-refractivity contribution in [2.24, 2.45) is 0 Å². The molecule has 8 heteroatoms. The molecule has 0 fully saturated rings. The van der Waals surface area contributed by atoms with Gasteiger partial charge in [-0.25, -0.2) is 9.48 Å². The molecular formula is C22H20N4O4. The van der Waals surface area contributed by atoms with E-state index in [-0.39, 0.29) is 5.78 Å². The van der Waals surface area contributed by atoms with Crippen LogP contribution in [0, 0.1) is 0 Å². The Hall–Kier alpha value is -4.07. The molecule has 0 radical (unpaired) electrons. The van der Waals surface area contributed by atoms with Crippen molar-refractivity contribution in [3.63, 3.8) is 0 Å². The number of hydrogen-bond acceptors (Lipinski definition) is 6. The third-order valence-corrected chi connectivity index (χ3v) is 4.03. The summed E-state index contributed by atoms with van der Waals surface area (Å²) < 4.78 is 6.57. The van der Waals surface area contributed by atoms with Crippen molar-refractivity contribution >= 4 is 29.4 Å². The summed E-state index contributed by atoms with van der Waals surface area (Å²) >= 11 is 0. The fraction of sp³-hybridized carbons (Fsp3) is 0.136. The molecule has 0 saturated heterocycles. The first-order valence-corrected chi connectivity index (χ1v) is 9.19. The third kappa shape index (κ3) is 6.23. The van der Waals surface area contributed by atoms with E-state index in [1.165, 1.54) is 19.1 Å². The Kier molecular flexibility index (Phi) is 6.83. The van der Waals surface area contributed by atoms with Crippen molar-refractivity contribution in [2.75, 3.05) is 11.9 Å². The van der Waals surface area contributed by atoms with E-state index in [9.17, 15) is 14.4 Å². The zero-order chi connectivity index (χ0) is 21.3. The van der Waals surface area contributed by atoms with Crippen molar-refractivity contribution < 1.29 is 19.1 Å². The average molecular weight is 404 g/mol. The van der Waals surface area contributed by atoms with E-state index < -0.39 is 18.5 Å². The molecule has 8 nitrogen and oxygen atoms in total. The Bertz CT molecular complexity index is 1070. The highest BCUT2D eigenvalue weighted by molar-refractivity contribution is 5.98. The molecule has 0 bridgehead atoms. The molecule has 1 N–H and O–H groups in total. The van der Waals surface area contributed by atoms with Crippen LogP contribution in [0.1, 0.15) is 28.5 Å². The number of ketones is 1. The molecule has 0 aliphatic rings. The molecule has 1 heterocycles. The standard InChI is InChI=1S/C22H20N4O4/c1-16(27)18-8-5-9-19(12-18)23-21(28)15-30-22(29)11-10-20-14-26(25-24-20)13-17-6-3-2-4-7-17/h2-12,14H,13,15H2,1H3,(H,23,28)/b11-10+. The van der Waals surface area contributed by atoms with E-state index in [1.54, 1.807) is 35.1 Å². The normalized spacial score (nSPS) is 10.7. The van der Waals surface area contributed by atoms with Crippen LogP contribution in [0.2, 0.25) is 0 Å². The highest BCUT2D eigenvalue weighted by Crippen LogP contribution is 2.11. The summed E-state index contributed by atoms with van der Waals surface area (Å²) in [6, 6.07) is 16.3. The summed E-state index contributed by atoms with van der Waals surface area (Å²) in [5.41, 5.74) is 2.51. The van der Waals surface area contributed by atoms with Gasteiger partial charge in [0.1, 0.15) is 5.69 Å². The van der Waals surface area contributed by atoms with Crippen LogP contribution in [0.15, 0.2) is 66.9 Å². The average Bonchev–Trinajstić information content (AvgIpc) is 3.19. The van der Waals surface area contributed by atoms with Crippen LogP contribution in [-0.4, -0.2) is 39.3 Å². The first-order chi connectivity index (χ1) is 14.5. The molecule has 0 spiro atoms. The smallest absolute Gasteiger partial charge is 0.331 e. The maximum absolute atomic E-state index is 11.9. The molecule has 2 aromatic carbocycles. The van der Waals surface area contributed by atoms with Crippen LogP contribution >= 0.6 is 0 Å². The molecule has 0 aliphatic heterocycles. The molecule has 0 aliphatic carbocycles. The van der Waals surface area contributed by atoms with Crippen molar-refractivity contribution in [2.45, 2.75) is 13.5 Å². The second-order valence-electron chi connectivity index (χ2n) is 6.45. The molecule has 1 aromatic heterocycles. The number of anilines is 1. The topological polar surface area (TPSA) is 103 Å². The van der Waals surface area contributed by atoms with Crippen LogP contribution in [0.3, 0.4) is 0 Å². The number of nitrogens with one attached hydrogen (secondary N) is 1. The van der Waals surface area contributed by atoms with Gasteiger partial charge in [-0.2, -0.15) is 0 Å². The maximum atomic E-state index is 11.9. The highest BCUT2D eigenvalue weighted by atomic mass is 16.5. The Labute approximate surface area is 173 Å². The molecule has 0 atom stereocenters. The van der Waals surface area contributed by atoms with Crippen LogP contribution < -0.4 is 5.32 Å². The summed E-state index contributed by atoms with van der Waals surface area (Å²) in [5, 5.41) is 10.5. The molecule has 3 aromatic rings. The van der Waals surface area contributed by atoms with E-state index in [0.29, 0.717) is 23.5 Å². The highest BCUT2D eigenvalue weighted by Gasteiger charge is 2.08. The molecule has 152 valence electrons. The van der Waals surface area contributed by atoms with E-state index in [4.69, 9.17) is 4.74 Å². The molecule has 30 heavy (non-hydrogen) atoms. The van der Waals surface area contributed by atoms with Gasteiger partial charge in [-0.05, 0) is 30.7 Å². The fourth-order valence-corrected chi connectivity index (χ4v) is 2.59. The van der Waals surface area contributed by atoms with Gasteiger partial charge in [0.15, 0.2) is 12.4 Å².